The number of carbonyl (C=O) groups is 1. The van der Waals surface area contributed by atoms with E-state index < -0.39 is 0 Å². The van der Waals surface area contributed by atoms with Gasteiger partial charge in [-0.15, -0.1) is 0 Å². The molecule has 2 N–H and O–H groups in total. The van der Waals surface area contributed by atoms with Gasteiger partial charge in [0.15, 0.2) is 5.69 Å². The lowest BCUT2D eigenvalue weighted by atomic mass is 9.92. The van der Waals surface area contributed by atoms with Crippen molar-refractivity contribution in [2.45, 2.75) is 57.5 Å². The summed E-state index contributed by atoms with van der Waals surface area (Å²) in [5.74, 6) is -0.0575. The van der Waals surface area contributed by atoms with Crippen LogP contribution in [0.2, 0.25) is 0 Å². The van der Waals surface area contributed by atoms with Crippen LogP contribution in [0.1, 0.15) is 71.6 Å². The van der Waals surface area contributed by atoms with Crippen LogP contribution in [-0.2, 0) is 13.1 Å². The molecule has 1 amide bonds. The molecule has 2 saturated heterocycles. The van der Waals surface area contributed by atoms with Crippen LogP contribution in [0.15, 0.2) is 36.9 Å². The third kappa shape index (κ3) is 5.65. The summed E-state index contributed by atoms with van der Waals surface area (Å²) in [6.45, 7) is 6.40. The Bertz CT molecular complexity index is 1370. The lowest BCUT2D eigenvalue weighted by molar-refractivity contribution is 0.102. The third-order valence-electron chi connectivity index (χ3n) is 7.75. The Morgan fingerprint density at radius 3 is 2.32 bits per heavy atom. The van der Waals surface area contributed by atoms with Crippen molar-refractivity contribution in [3.05, 3.63) is 69.9 Å². The van der Waals surface area contributed by atoms with Crippen LogP contribution < -0.4 is 15.9 Å². The number of nitrogens with one attached hydrogen (secondary N) is 2. The lowest BCUT2D eigenvalue weighted by Gasteiger charge is -2.26. The summed E-state index contributed by atoms with van der Waals surface area (Å²) in [6.07, 6.45) is 19.1. The van der Waals surface area contributed by atoms with Crippen LogP contribution in [0.4, 0.5) is 5.69 Å². The molecular weight excluding hydrogens is 462 g/mol. The Kier molecular flexibility index (Phi) is 7.10. The number of H-pyrrole nitrogens is 1. The van der Waals surface area contributed by atoms with Crippen LogP contribution in [0.25, 0.3) is 12.2 Å². The number of hydrogen-bond acceptors (Lipinski definition) is 6. The zero-order chi connectivity index (χ0) is 25.0. The maximum Gasteiger partial charge on any atom is 0.276 e. The van der Waals surface area contributed by atoms with Crippen molar-refractivity contribution >= 4 is 23.7 Å². The molecule has 6 rings (SSSR count). The minimum Gasteiger partial charge on any atom is -0.319 e. The zero-order valence-corrected chi connectivity index (χ0v) is 21.3. The molecule has 8 nitrogen and oxygen atoms in total. The number of aromatic nitrogens is 4. The molecule has 0 radical (unpaired) electrons. The molecule has 2 fully saturated rings. The molecule has 5 heterocycles. The van der Waals surface area contributed by atoms with E-state index in [-0.39, 0.29) is 11.8 Å². The SMILES string of the molecule is O=C(Nc1cncc(CN2CCCCC2)c1)c1n[nH]c2c1=CC(c1cncc(CN3CCCC3)c1)CC=2. The molecule has 2 aliphatic heterocycles. The van der Waals surface area contributed by atoms with Crippen molar-refractivity contribution in [1.82, 2.24) is 30.0 Å². The standard InChI is InChI=1S/C29H35N7O/c37-29(32-25-13-22(16-31-18-25)20-35-8-2-1-3-9-35)28-26-14-23(6-7-27(26)33-34-28)24-12-21(15-30-17-24)19-36-10-4-5-11-36/h7,12-18,23,33H,1-6,8-11,19-20H2,(H,32,37). The van der Waals surface area contributed by atoms with Gasteiger partial charge in [-0.1, -0.05) is 24.6 Å². The van der Waals surface area contributed by atoms with Crippen molar-refractivity contribution < 1.29 is 4.79 Å². The van der Waals surface area contributed by atoms with E-state index in [1.807, 2.05) is 24.7 Å². The largest absolute Gasteiger partial charge is 0.319 e. The van der Waals surface area contributed by atoms with Gasteiger partial charge in [0.1, 0.15) is 0 Å². The molecule has 0 spiro atoms. The first-order chi connectivity index (χ1) is 18.2. The van der Waals surface area contributed by atoms with E-state index in [2.05, 4.69) is 53.5 Å². The van der Waals surface area contributed by atoms with Crippen LogP contribution in [0, 0.1) is 0 Å². The summed E-state index contributed by atoms with van der Waals surface area (Å²) < 4.78 is 0. The fraction of sp³-hybridized carbons (Fsp3) is 0.448. The summed E-state index contributed by atoms with van der Waals surface area (Å²) in [4.78, 5) is 27.1. The maximum atomic E-state index is 13.3. The van der Waals surface area contributed by atoms with E-state index in [1.165, 1.54) is 56.3 Å². The highest BCUT2D eigenvalue weighted by Crippen LogP contribution is 2.24. The molecule has 0 saturated carbocycles. The number of pyridine rings is 2. The monoisotopic (exact) mass is 497 g/mol. The van der Waals surface area contributed by atoms with E-state index >= 15 is 0 Å². The number of aromatic amines is 1. The first kappa shape index (κ1) is 24.0. The van der Waals surface area contributed by atoms with E-state index in [0.29, 0.717) is 11.4 Å². The average molecular weight is 498 g/mol. The quantitative estimate of drug-likeness (QED) is 0.522. The molecule has 192 valence electrons. The molecular formula is C29H35N7O. The summed E-state index contributed by atoms with van der Waals surface area (Å²) in [6, 6.07) is 4.29. The molecule has 1 aliphatic carbocycles. The number of hydrogen-bond donors (Lipinski definition) is 2. The summed E-state index contributed by atoms with van der Waals surface area (Å²) in [5.41, 5.74) is 4.66. The van der Waals surface area contributed by atoms with Crippen molar-refractivity contribution in [2.24, 2.45) is 0 Å². The van der Waals surface area contributed by atoms with Gasteiger partial charge < -0.3 is 5.32 Å². The zero-order valence-electron chi connectivity index (χ0n) is 21.3. The van der Waals surface area contributed by atoms with Crippen molar-refractivity contribution in [2.75, 3.05) is 31.5 Å². The van der Waals surface area contributed by atoms with Gasteiger partial charge in [-0.2, -0.15) is 5.10 Å². The summed E-state index contributed by atoms with van der Waals surface area (Å²) in [5, 5.41) is 12.2. The predicted octanol–water partition coefficient (Wildman–Crippen LogP) is 2.78. The average Bonchev–Trinajstić information content (AvgIpc) is 3.59. The Morgan fingerprint density at radius 1 is 0.892 bits per heavy atom. The normalized spacial score (nSPS) is 20.2. The topological polar surface area (TPSA) is 90.0 Å². The van der Waals surface area contributed by atoms with E-state index in [0.717, 1.165) is 48.7 Å². The predicted molar refractivity (Wildman–Crippen MR) is 144 cm³/mol. The molecule has 0 aromatic carbocycles. The van der Waals surface area contributed by atoms with Gasteiger partial charge in [-0.25, -0.2) is 0 Å². The third-order valence-corrected chi connectivity index (χ3v) is 7.75. The molecule has 1 atom stereocenters. The Hall–Kier alpha value is -3.36. The van der Waals surface area contributed by atoms with Gasteiger partial charge in [-0.3, -0.25) is 29.7 Å². The number of fused-ring (bicyclic) bond motifs is 1. The number of rotatable bonds is 7. The number of carbonyl (C=O) groups excluding carboxylic acids is 1. The van der Waals surface area contributed by atoms with Gasteiger partial charge in [0.25, 0.3) is 5.91 Å². The lowest BCUT2D eigenvalue weighted by Crippen LogP contribution is -2.32. The highest BCUT2D eigenvalue weighted by Gasteiger charge is 2.20. The highest BCUT2D eigenvalue weighted by atomic mass is 16.1. The molecule has 37 heavy (non-hydrogen) atoms. The van der Waals surface area contributed by atoms with Crippen molar-refractivity contribution in [1.29, 1.82) is 0 Å². The minimum absolute atomic E-state index is 0.164. The molecule has 8 heteroatoms. The van der Waals surface area contributed by atoms with Gasteiger partial charge >= 0.3 is 0 Å². The second kappa shape index (κ2) is 10.9. The number of anilines is 1. The van der Waals surface area contributed by atoms with Crippen LogP contribution in [0.5, 0.6) is 0 Å². The molecule has 1 unspecified atom stereocenters. The summed E-state index contributed by atoms with van der Waals surface area (Å²) in [7, 11) is 0. The number of likely N-dealkylation sites (tertiary alicyclic amines) is 2. The fourth-order valence-electron chi connectivity index (χ4n) is 5.81. The first-order valence-electron chi connectivity index (χ1n) is 13.6. The van der Waals surface area contributed by atoms with Gasteiger partial charge in [0.05, 0.1) is 17.2 Å². The number of amides is 1. The Labute approximate surface area is 217 Å². The number of piperidine rings is 1. The Balaban J connectivity index is 1.18. The summed E-state index contributed by atoms with van der Waals surface area (Å²) >= 11 is 0. The molecule has 3 aromatic rings. The fourth-order valence-corrected chi connectivity index (χ4v) is 5.81. The van der Waals surface area contributed by atoms with Crippen molar-refractivity contribution in [3.63, 3.8) is 0 Å². The smallest absolute Gasteiger partial charge is 0.276 e. The van der Waals surface area contributed by atoms with E-state index in [9.17, 15) is 4.79 Å². The molecule has 0 bridgehead atoms. The van der Waals surface area contributed by atoms with Gasteiger partial charge in [0, 0.05) is 42.8 Å². The first-order valence-corrected chi connectivity index (χ1v) is 13.6. The van der Waals surface area contributed by atoms with Crippen LogP contribution in [0.3, 0.4) is 0 Å². The maximum absolute atomic E-state index is 13.3. The van der Waals surface area contributed by atoms with Crippen molar-refractivity contribution in [3.8, 4) is 0 Å². The number of nitrogens with zero attached hydrogens (tertiary/aromatic N) is 5. The van der Waals surface area contributed by atoms with Crippen LogP contribution >= 0.6 is 0 Å². The Morgan fingerprint density at radius 2 is 1.57 bits per heavy atom. The minimum atomic E-state index is -0.222. The van der Waals surface area contributed by atoms with Gasteiger partial charge in [-0.05, 0) is 81.0 Å². The second-order valence-electron chi connectivity index (χ2n) is 10.6. The van der Waals surface area contributed by atoms with Gasteiger partial charge in [0.2, 0.25) is 0 Å². The van der Waals surface area contributed by atoms with E-state index in [1.54, 1.807) is 6.20 Å². The van der Waals surface area contributed by atoms with Crippen LogP contribution in [-0.4, -0.2) is 62.1 Å². The molecule has 3 aliphatic rings. The highest BCUT2D eigenvalue weighted by molar-refractivity contribution is 6.03. The molecule has 3 aromatic heterocycles. The van der Waals surface area contributed by atoms with E-state index in [4.69, 9.17) is 0 Å². The second-order valence-corrected chi connectivity index (χ2v) is 10.6.